The lowest BCUT2D eigenvalue weighted by atomic mass is 10.0. The average molecular weight is 306 g/mol. The van der Waals surface area contributed by atoms with E-state index in [4.69, 9.17) is 5.73 Å². The van der Waals surface area contributed by atoms with Crippen molar-refractivity contribution in [1.29, 1.82) is 0 Å². The highest BCUT2D eigenvalue weighted by atomic mass is 35.5. The van der Waals surface area contributed by atoms with Crippen molar-refractivity contribution in [3.05, 3.63) is 29.3 Å². The smallest absolute Gasteiger partial charge is 0.389 e. The van der Waals surface area contributed by atoms with Crippen molar-refractivity contribution < 1.29 is 26.7 Å². The SMILES string of the molecule is COc1ccc(F)c([C@@H](N)CCC(F)(F)F)c1F.Cl. The number of methoxy groups -OCH3 is 1. The number of rotatable bonds is 4. The Morgan fingerprint density at radius 1 is 1.26 bits per heavy atom. The fourth-order valence-electron chi connectivity index (χ4n) is 1.51. The highest BCUT2D eigenvalue weighted by molar-refractivity contribution is 5.85. The van der Waals surface area contributed by atoms with E-state index in [1.807, 2.05) is 0 Å². The fraction of sp³-hybridized carbons (Fsp3) is 0.455. The monoisotopic (exact) mass is 305 g/mol. The standard InChI is InChI=1S/C11H12F5NO.ClH/c1-18-8-3-2-6(12)9(10(8)13)7(17)4-5-11(14,15)16;/h2-3,7H,4-5,17H2,1H3;1H/t7-;/m0./s1. The van der Waals surface area contributed by atoms with Gasteiger partial charge in [0, 0.05) is 18.0 Å². The molecule has 0 fully saturated rings. The molecule has 0 saturated carbocycles. The molecule has 1 rings (SSSR count). The third-order valence-electron chi connectivity index (χ3n) is 2.42. The number of benzene rings is 1. The summed E-state index contributed by atoms with van der Waals surface area (Å²) < 4.78 is 67.7. The minimum atomic E-state index is -4.41. The molecule has 2 nitrogen and oxygen atoms in total. The molecule has 0 aromatic heterocycles. The summed E-state index contributed by atoms with van der Waals surface area (Å²) >= 11 is 0. The molecule has 1 aromatic rings. The van der Waals surface area contributed by atoms with Gasteiger partial charge in [-0.3, -0.25) is 0 Å². The van der Waals surface area contributed by atoms with E-state index in [0.29, 0.717) is 0 Å². The molecule has 0 unspecified atom stereocenters. The van der Waals surface area contributed by atoms with Crippen LogP contribution in [-0.4, -0.2) is 13.3 Å². The lowest BCUT2D eigenvalue weighted by Crippen LogP contribution is -2.18. The predicted molar refractivity (Wildman–Crippen MR) is 62.4 cm³/mol. The predicted octanol–water partition coefficient (Wildman–Crippen LogP) is 3.74. The molecule has 0 spiro atoms. The Bertz CT molecular complexity index is 424. The number of hydrogen-bond donors (Lipinski definition) is 1. The Labute approximate surface area is 113 Å². The van der Waals surface area contributed by atoms with E-state index >= 15 is 0 Å². The third-order valence-corrected chi connectivity index (χ3v) is 2.42. The number of hydrogen-bond acceptors (Lipinski definition) is 2. The number of halogens is 6. The van der Waals surface area contributed by atoms with Crippen LogP contribution in [0.25, 0.3) is 0 Å². The van der Waals surface area contributed by atoms with Crippen molar-refractivity contribution in [1.82, 2.24) is 0 Å². The molecule has 1 atom stereocenters. The number of ether oxygens (including phenoxy) is 1. The molecule has 0 bridgehead atoms. The lowest BCUT2D eigenvalue weighted by molar-refractivity contribution is -0.136. The molecule has 0 heterocycles. The molecule has 0 aliphatic heterocycles. The summed E-state index contributed by atoms with van der Waals surface area (Å²) in [4.78, 5) is 0. The van der Waals surface area contributed by atoms with Crippen molar-refractivity contribution in [3.63, 3.8) is 0 Å². The Hall–Kier alpha value is -1.08. The topological polar surface area (TPSA) is 35.2 Å². The third kappa shape index (κ3) is 4.83. The van der Waals surface area contributed by atoms with Gasteiger partial charge in [-0.2, -0.15) is 13.2 Å². The first-order valence-electron chi connectivity index (χ1n) is 5.10. The molecule has 1 aromatic carbocycles. The van der Waals surface area contributed by atoms with Crippen LogP contribution in [0.2, 0.25) is 0 Å². The van der Waals surface area contributed by atoms with Crippen LogP contribution in [0.3, 0.4) is 0 Å². The van der Waals surface area contributed by atoms with E-state index < -0.39 is 42.3 Å². The Balaban J connectivity index is 0.00000324. The first-order chi connectivity index (χ1) is 8.26. The van der Waals surface area contributed by atoms with Gasteiger partial charge in [0.05, 0.1) is 7.11 Å². The van der Waals surface area contributed by atoms with E-state index in [2.05, 4.69) is 4.74 Å². The fourth-order valence-corrected chi connectivity index (χ4v) is 1.51. The van der Waals surface area contributed by atoms with Gasteiger partial charge in [0.25, 0.3) is 0 Å². The highest BCUT2D eigenvalue weighted by Crippen LogP contribution is 2.31. The Morgan fingerprint density at radius 3 is 2.32 bits per heavy atom. The van der Waals surface area contributed by atoms with Crippen LogP contribution < -0.4 is 10.5 Å². The normalized spacial score (nSPS) is 12.8. The van der Waals surface area contributed by atoms with Gasteiger partial charge in [-0.05, 0) is 18.6 Å². The second-order valence-electron chi connectivity index (χ2n) is 3.74. The van der Waals surface area contributed by atoms with Crippen LogP contribution in [0.5, 0.6) is 5.75 Å². The summed E-state index contributed by atoms with van der Waals surface area (Å²) in [5.74, 6) is -2.30. The number of nitrogens with two attached hydrogens (primary N) is 1. The summed E-state index contributed by atoms with van der Waals surface area (Å²) in [6, 6.07) is 0.580. The maximum absolute atomic E-state index is 13.7. The van der Waals surface area contributed by atoms with Crippen molar-refractivity contribution in [2.75, 3.05) is 7.11 Å². The van der Waals surface area contributed by atoms with Gasteiger partial charge >= 0.3 is 6.18 Å². The molecule has 110 valence electrons. The Kier molecular flexibility index (Phi) is 6.51. The Morgan fingerprint density at radius 2 is 1.84 bits per heavy atom. The van der Waals surface area contributed by atoms with Crippen molar-refractivity contribution in [2.45, 2.75) is 25.1 Å². The molecular weight excluding hydrogens is 293 g/mol. The zero-order valence-corrected chi connectivity index (χ0v) is 10.7. The lowest BCUT2D eigenvalue weighted by Gasteiger charge is -2.16. The van der Waals surface area contributed by atoms with E-state index in [1.54, 1.807) is 0 Å². The summed E-state index contributed by atoms with van der Waals surface area (Å²) in [5, 5.41) is 0. The number of alkyl halides is 3. The van der Waals surface area contributed by atoms with Crippen molar-refractivity contribution in [3.8, 4) is 5.75 Å². The van der Waals surface area contributed by atoms with Gasteiger partial charge in [0.15, 0.2) is 11.6 Å². The van der Waals surface area contributed by atoms with E-state index in [1.165, 1.54) is 7.11 Å². The van der Waals surface area contributed by atoms with E-state index in [9.17, 15) is 22.0 Å². The quantitative estimate of drug-likeness (QED) is 0.860. The van der Waals surface area contributed by atoms with Crippen LogP contribution in [0.1, 0.15) is 24.4 Å². The zero-order valence-electron chi connectivity index (χ0n) is 9.93. The first kappa shape index (κ1) is 17.9. The summed E-state index contributed by atoms with van der Waals surface area (Å²) in [6.45, 7) is 0. The van der Waals surface area contributed by atoms with Gasteiger partial charge < -0.3 is 10.5 Å². The van der Waals surface area contributed by atoms with Gasteiger partial charge in [-0.15, -0.1) is 12.4 Å². The molecule has 0 aliphatic rings. The van der Waals surface area contributed by atoms with Crippen LogP contribution in [0.15, 0.2) is 12.1 Å². The minimum absolute atomic E-state index is 0. The van der Waals surface area contributed by atoms with Crippen LogP contribution in [0.4, 0.5) is 22.0 Å². The van der Waals surface area contributed by atoms with Crippen LogP contribution in [-0.2, 0) is 0 Å². The van der Waals surface area contributed by atoms with Crippen LogP contribution in [0, 0.1) is 11.6 Å². The second-order valence-corrected chi connectivity index (χ2v) is 3.74. The van der Waals surface area contributed by atoms with Gasteiger partial charge in [-0.25, -0.2) is 8.78 Å². The van der Waals surface area contributed by atoms with Crippen molar-refractivity contribution >= 4 is 12.4 Å². The van der Waals surface area contributed by atoms with Crippen LogP contribution >= 0.6 is 12.4 Å². The highest BCUT2D eigenvalue weighted by Gasteiger charge is 2.29. The molecule has 19 heavy (non-hydrogen) atoms. The minimum Gasteiger partial charge on any atom is -0.494 e. The molecular formula is C11H13ClF5NO. The van der Waals surface area contributed by atoms with Crippen molar-refractivity contribution in [2.24, 2.45) is 5.73 Å². The molecule has 0 aliphatic carbocycles. The second kappa shape index (κ2) is 6.91. The average Bonchev–Trinajstić information content (AvgIpc) is 2.26. The molecule has 8 heteroatoms. The van der Waals surface area contributed by atoms with Gasteiger partial charge in [0.1, 0.15) is 5.82 Å². The first-order valence-corrected chi connectivity index (χ1v) is 5.10. The maximum atomic E-state index is 13.7. The largest absolute Gasteiger partial charge is 0.494 e. The zero-order chi connectivity index (χ0) is 13.9. The summed E-state index contributed by atoms with van der Waals surface area (Å²) in [6.07, 6.45) is -6.21. The molecule has 0 saturated heterocycles. The van der Waals surface area contributed by atoms with Gasteiger partial charge in [0.2, 0.25) is 0 Å². The molecule has 0 radical (unpaired) electrons. The summed E-state index contributed by atoms with van der Waals surface area (Å²) in [7, 11) is 1.17. The summed E-state index contributed by atoms with van der Waals surface area (Å²) in [5.41, 5.74) is 4.81. The maximum Gasteiger partial charge on any atom is 0.389 e. The van der Waals surface area contributed by atoms with E-state index in [0.717, 1.165) is 12.1 Å². The van der Waals surface area contributed by atoms with Gasteiger partial charge in [-0.1, -0.05) is 0 Å². The molecule has 0 amide bonds. The molecule has 2 N–H and O–H groups in total. The van der Waals surface area contributed by atoms with E-state index in [-0.39, 0.29) is 18.2 Å².